The van der Waals surface area contributed by atoms with Gasteiger partial charge in [0.1, 0.15) is 0 Å². The molecular formula is C18H16BrN3O2S. The van der Waals surface area contributed by atoms with Gasteiger partial charge in [0.15, 0.2) is 0 Å². The first kappa shape index (κ1) is 17.7. The quantitative estimate of drug-likeness (QED) is 0.599. The van der Waals surface area contributed by atoms with Gasteiger partial charge < -0.3 is 9.73 Å². The highest BCUT2D eigenvalue weighted by Gasteiger charge is 2.13. The molecule has 1 atom stereocenters. The fourth-order valence-corrected chi connectivity index (χ4v) is 3.05. The number of nitrogens with zero attached hydrogens (tertiary/aromatic N) is 2. The molecule has 1 heterocycles. The lowest BCUT2D eigenvalue weighted by molar-refractivity contribution is -0.119. The molecule has 0 fully saturated rings. The van der Waals surface area contributed by atoms with Crippen LogP contribution in [0.3, 0.4) is 0 Å². The van der Waals surface area contributed by atoms with Gasteiger partial charge >= 0.3 is 0 Å². The Morgan fingerprint density at radius 2 is 1.88 bits per heavy atom. The average Bonchev–Trinajstić information content (AvgIpc) is 3.10. The molecule has 7 heteroatoms. The predicted octanol–water partition coefficient (Wildman–Crippen LogP) is 4.47. The van der Waals surface area contributed by atoms with Crippen molar-refractivity contribution in [3.63, 3.8) is 0 Å². The van der Waals surface area contributed by atoms with Crippen LogP contribution < -0.4 is 5.32 Å². The highest BCUT2D eigenvalue weighted by Crippen LogP contribution is 2.24. The zero-order valence-electron chi connectivity index (χ0n) is 13.5. The summed E-state index contributed by atoms with van der Waals surface area (Å²) in [5.41, 5.74) is 1.90. The Morgan fingerprint density at radius 1 is 1.16 bits per heavy atom. The Labute approximate surface area is 158 Å². The second-order valence-corrected chi connectivity index (χ2v) is 7.21. The van der Waals surface area contributed by atoms with Crippen LogP contribution in [0.15, 0.2) is 68.7 Å². The van der Waals surface area contributed by atoms with E-state index in [4.69, 9.17) is 4.42 Å². The predicted molar refractivity (Wildman–Crippen MR) is 101 cm³/mol. The van der Waals surface area contributed by atoms with Crippen molar-refractivity contribution >= 4 is 33.6 Å². The maximum Gasteiger partial charge on any atom is 0.277 e. The number of nitrogens with one attached hydrogen (secondary N) is 1. The van der Waals surface area contributed by atoms with Gasteiger partial charge in [0.2, 0.25) is 11.8 Å². The van der Waals surface area contributed by atoms with E-state index in [-0.39, 0.29) is 17.7 Å². The summed E-state index contributed by atoms with van der Waals surface area (Å²) in [6, 6.07) is 17.4. The van der Waals surface area contributed by atoms with Gasteiger partial charge in [0.25, 0.3) is 5.22 Å². The van der Waals surface area contributed by atoms with E-state index in [9.17, 15) is 4.79 Å². The molecule has 0 spiro atoms. The number of benzene rings is 2. The molecule has 2 aromatic carbocycles. The van der Waals surface area contributed by atoms with Gasteiger partial charge in [-0.1, -0.05) is 58.0 Å². The number of carbonyl (C=O) groups is 1. The van der Waals surface area contributed by atoms with Crippen molar-refractivity contribution in [1.29, 1.82) is 0 Å². The number of amides is 1. The first-order chi connectivity index (χ1) is 12.1. The maximum atomic E-state index is 12.1. The zero-order valence-corrected chi connectivity index (χ0v) is 15.9. The smallest absolute Gasteiger partial charge is 0.277 e. The van der Waals surface area contributed by atoms with E-state index in [2.05, 4.69) is 31.4 Å². The fourth-order valence-electron chi connectivity index (χ4n) is 2.21. The molecular weight excluding hydrogens is 402 g/mol. The average molecular weight is 418 g/mol. The summed E-state index contributed by atoms with van der Waals surface area (Å²) in [5, 5.41) is 11.3. The number of hydrogen-bond acceptors (Lipinski definition) is 5. The lowest BCUT2D eigenvalue weighted by atomic mass is 10.1. The molecule has 128 valence electrons. The molecule has 5 nitrogen and oxygen atoms in total. The molecule has 3 rings (SSSR count). The highest BCUT2D eigenvalue weighted by atomic mass is 79.9. The van der Waals surface area contributed by atoms with Crippen molar-refractivity contribution in [1.82, 2.24) is 15.5 Å². The van der Waals surface area contributed by atoms with Crippen LogP contribution in [0, 0.1) is 0 Å². The summed E-state index contributed by atoms with van der Waals surface area (Å²) in [7, 11) is 0. The van der Waals surface area contributed by atoms with Gasteiger partial charge in [0, 0.05) is 10.0 Å². The zero-order chi connectivity index (χ0) is 17.6. The minimum atomic E-state index is -0.0789. The van der Waals surface area contributed by atoms with Crippen LogP contribution in [0.5, 0.6) is 0 Å². The lowest BCUT2D eigenvalue weighted by Gasteiger charge is -2.13. The third-order valence-electron chi connectivity index (χ3n) is 3.50. The molecule has 0 bridgehead atoms. The SMILES string of the molecule is C[C@H](NC(=O)CSc1nnc(-c2ccc(Br)cc2)o1)c1ccccc1. The van der Waals surface area contributed by atoms with Crippen molar-refractivity contribution in [3.8, 4) is 11.5 Å². The number of hydrogen-bond donors (Lipinski definition) is 1. The van der Waals surface area contributed by atoms with Crippen LogP contribution in [0.2, 0.25) is 0 Å². The Bertz CT molecular complexity index is 837. The minimum absolute atomic E-state index is 0.0460. The second kappa shape index (κ2) is 8.31. The third kappa shape index (κ3) is 4.93. The molecule has 0 saturated carbocycles. The number of halogens is 1. The van der Waals surface area contributed by atoms with E-state index in [1.165, 1.54) is 11.8 Å². The molecule has 0 unspecified atom stereocenters. The van der Waals surface area contributed by atoms with Crippen LogP contribution >= 0.6 is 27.7 Å². The number of carbonyl (C=O) groups excluding carboxylic acids is 1. The molecule has 1 N–H and O–H groups in total. The summed E-state index contributed by atoms with van der Waals surface area (Å²) < 4.78 is 6.58. The topological polar surface area (TPSA) is 68.0 Å². The summed E-state index contributed by atoms with van der Waals surface area (Å²) in [5.74, 6) is 0.580. The molecule has 0 saturated heterocycles. The van der Waals surface area contributed by atoms with E-state index in [1.54, 1.807) is 0 Å². The molecule has 0 aliphatic rings. The van der Waals surface area contributed by atoms with Crippen molar-refractivity contribution in [3.05, 3.63) is 64.6 Å². The maximum absolute atomic E-state index is 12.1. The van der Waals surface area contributed by atoms with Crippen LogP contribution in [0.4, 0.5) is 0 Å². The van der Waals surface area contributed by atoms with Gasteiger partial charge in [-0.15, -0.1) is 10.2 Å². The van der Waals surface area contributed by atoms with Crippen molar-refractivity contribution in [2.24, 2.45) is 0 Å². The van der Waals surface area contributed by atoms with Crippen LogP contribution in [0.1, 0.15) is 18.5 Å². The van der Waals surface area contributed by atoms with E-state index in [0.717, 1.165) is 15.6 Å². The van der Waals surface area contributed by atoms with Gasteiger partial charge in [-0.25, -0.2) is 0 Å². The third-order valence-corrected chi connectivity index (χ3v) is 4.85. The Balaban J connectivity index is 1.53. The fraction of sp³-hybridized carbons (Fsp3) is 0.167. The van der Waals surface area contributed by atoms with Crippen molar-refractivity contribution in [2.75, 3.05) is 5.75 Å². The van der Waals surface area contributed by atoms with E-state index in [1.807, 2.05) is 61.5 Å². The van der Waals surface area contributed by atoms with Gasteiger partial charge in [-0.3, -0.25) is 4.79 Å². The second-order valence-electron chi connectivity index (χ2n) is 5.37. The lowest BCUT2D eigenvalue weighted by Crippen LogP contribution is -2.28. The minimum Gasteiger partial charge on any atom is -0.411 e. The van der Waals surface area contributed by atoms with Crippen LogP contribution in [0.25, 0.3) is 11.5 Å². The van der Waals surface area contributed by atoms with Crippen molar-refractivity contribution in [2.45, 2.75) is 18.2 Å². The van der Waals surface area contributed by atoms with E-state index in [0.29, 0.717) is 11.1 Å². The van der Waals surface area contributed by atoms with Crippen molar-refractivity contribution < 1.29 is 9.21 Å². The first-order valence-electron chi connectivity index (χ1n) is 7.68. The summed E-state index contributed by atoms with van der Waals surface area (Å²) in [4.78, 5) is 12.1. The normalized spacial score (nSPS) is 11.9. The summed E-state index contributed by atoms with van der Waals surface area (Å²) in [6.07, 6.45) is 0. The summed E-state index contributed by atoms with van der Waals surface area (Å²) >= 11 is 4.61. The molecule has 0 aliphatic heterocycles. The standard InChI is InChI=1S/C18H16BrN3O2S/c1-12(13-5-3-2-4-6-13)20-16(23)11-25-18-22-21-17(24-18)14-7-9-15(19)10-8-14/h2-10,12H,11H2,1H3,(H,20,23)/t12-/m0/s1. The Kier molecular flexibility index (Phi) is 5.88. The first-order valence-corrected chi connectivity index (χ1v) is 9.46. The van der Waals surface area contributed by atoms with Crippen LogP contribution in [-0.2, 0) is 4.79 Å². The molecule has 3 aromatic rings. The molecule has 0 radical (unpaired) electrons. The van der Waals surface area contributed by atoms with Crippen LogP contribution in [-0.4, -0.2) is 21.9 Å². The van der Waals surface area contributed by atoms with Gasteiger partial charge in [-0.2, -0.15) is 0 Å². The molecule has 0 aliphatic carbocycles. The van der Waals surface area contributed by atoms with E-state index < -0.39 is 0 Å². The number of thioether (sulfide) groups is 1. The Morgan fingerprint density at radius 3 is 2.60 bits per heavy atom. The molecule has 25 heavy (non-hydrogen) atoms. The summed E-state index contributed by atoms with van der Waals surface area (Å²) in [6.45, 7) is 1.95. The van der Waals surface area contributed by atoms with E-state index >= 15 is 0 Å². The van der Waals surface area contributed by atoms with Gasteiger partial charge in [-0.05, 0) is 36.8 Å². The molecule has 1 amide bonds. The largest absolute Gasteiger partial charge is 0.411 e. The Hall–Kier alpha value is -2.12. The number of aromatic nitrogens is 2. The molecule has 1 aromatic heterocycles. The van der Waals surface area contributed by atoms with Gasteiger partial charge in [0.05, 0.1) is 11.8 Å². The highest BCUT2D eigenvalue weighted by molar-refractivity contribution is 9.10. The number of rotatable bonds is 6. The monoisotopic (exact) mass is 417 g/mol.